The van der Waals surface area contributed by atoms with Gasteiger partial charge in [0.15, 0.2) is 0 Å². The topological polar surface area (TPSA) is 67.4 Å². The first-order chi connectivity index (χ1) is 8.65. The molecule has 2 N–H and O–H groups in total. The van der Waals surface area contributed by atoms with E-state index < -0.39 is 0 Å². The Morgan fingerprint density at radius 2 is 2.00 bits per heavy atom. The van der Waals surface area contributed by atoms with Gasteiger partial charge in [0, 0.05) is 24.9 Å². The lowest BCUT2D eigenvalue weighted by Gasteiger charge is -2.11. The van der Waals surface area contributed by atoms with Crippen molar-refractivity contribution in [2.75, 3.05) is 17.2 Å². The van der Waals surface area contributed by atoms with Gasteiger partial charge in [0.25, 0.3) is 5.91 Å². The molecule has 1 aliphatic rings. The SMILES string of the molecule is CC(=O)Nc1cccc(NC(=O)[C@H]2CCCO2)c1. The maximum atomic E-state index is 11.8. The summed E-state index contributed by atoms with van der Waals surface area (Å²) in [5.41, 5.74) is 1.31. The molecule has 0 unspecified atom stereocenters. The highest BCUT2D eigenvalue weighted by molar-refractivity contribution is 5.95. The van der Waals surface area contributed by atoms with Crippen molar-refractivity contribution in [3.8, 4) is 0 Å². The summed E-state index contributed by atoms with van der Waals surface area (Å²) in [5, 5.41) is 5.45. The lowest BCUT2D eigenvalue weighted by molar-refractivity contribution is -0.124. The maximum absolute atomic E-state index is 11.8. The quantitative estimate of drug-likeness (QED) is 0.856. The smallest absolute Gasteiger partial charge is 0.253 e. The molecule has 1 aromatic rings. The summed E-state index contributed by atoms with van der Waals surface area (Å²) in [6.45, 7) is 2.08. The van der Waals surface area contributed by atoms with E-state index in [1.165, 1.54) is 6.92 Å². The molecule has 0 saturated carbocycles. The van der Waals surface area contributed by atoms with Gasteiger partial charge in [-0.2, -0.15) is 0 Å². The number of hydrogen-bond acceptors (Lipinski definition) is 3. The fraction of sp³-hybridized carbons (Fsp3) is 0.385. The summed E-state index contributed by atoms with van der Waals surface area (Å²) in [6.07, 6.45) is 1.33. The van der Waals surface area contributed by atoms with E-state index in [9.17, 15) is 9.59 Å². The molecular weight excluding hydrogens is 232 g/mol. The Labute approximate surface area is 106 Å². The first-order valence-corrected chi connectivity index (χ1v) is 5.95. The zero-order valence-electron chi connectivity index (χ0n) is 10.2. The molecule has 96 valence electrons. The molecule has 1 fully saturated rings. The Balaban J connectivity index is 2.00. The highest BCUT2D eigenvalue weighted by Gasteiger charge is 2.23. The Hall–Kier alpha value is -1.88. The molecule has 0 bridgehead atoms. The van der Waals surface area contributed by atoms with Crippen molar-refractivity contribution in [3.05, 3.63) is 24.3 Å². The van der Waals surface area contributed by atoms with Crippen LogP contribution in [0.5, 0.6) is 0 Å². The third-order valence-corrected chi connectivity index (χ3v) is 2.67. The van der Waals surface area contributed by atoms with Crippen LogP contribution in [0, 0.1) is 0 Å². The standard InChI is InChI=1S/C13H16N2O3/c1-9(16)14-10-4-2-5-11(8-10)15-13(17)12-6-3-7-18-12/h2,4-5,8,12H,3,6-7H2,1H3,(H,14,16)(H,15,17)/t12-/m1/s1. The number of carbonyl (C=O) groups excluding carboxylic acids is 2. The van der Waals surface area contributed by atoms with Crippen molar-refractivity contribution in [2.24, 2.45) is 0 Å². The van der Waals surface area contributed by atoms with Crippen LogP contribution < -0.4 is 10.6 Å². The molecule has 2 rings (SSSR count). The van der Waals surface area contributed by atoms with E-state index in [1.54, 1.807) is 24.3 Å². The molecule has 0 aliphatic carbocycles. The molecule has 0 aromatic heterocycles. The minimum Gasteiger partial charge on any atom is -0.368 e. The molecule has 0 spiro atoms. The van der Waals surface area contributed by atoms with Crippen LogP contribution in [0.2, 0.25) is 0 Å². The summed E-state index contributed by atoms with van der Waals surface area (Å²) >= 11 is 0. The van der Waals surface area contributed by atoms with Gasteiger partial charge in [-0.3, -0.25) is 9.59 Å². The van der Waals surface area contributed by atoms with Crippen molar-refractivity contribution in [1.82, 2.24) is 0 Å². The fourth-order valence-corrected chi connectivity index (χ4v) is 1.89. The van der Waals surface area contributed by atoms with Crippen LogP contribution in [0.25, 0.3) is 0 Å². The van der Waals surface area contributed by atoms with Gasteiger partial charge in [0.05, 0.1) is 0 Å². The summed E-state index contributed by atoms with van der Waals surface area (Å²) in [7, 11) is 0. The Morgan fingerprint density at radius 3 is 2.61 bits per heavy atom. The molecule has 2 amide bonds. The summed E-state index contributed by atoms with van der Waals surface area (Å²) < 4.78 is 5.30. The molecule has 5 nitrogen and oxygen atoms in total. The zero-order valence-corrected chi connectivity index (χ0v) is 10.2. The van der Waals surface area contributed by atoms with Crippen LogP contribution in [0.3, 0.4) is 0 Å². The predicted molar refractivity (Wildman–Crippen MR) is 68.3 cm³/mol. The highest BCUT2D eigenvalue weighted by Crippen LogP contribution is 2.18. The Bertz CT molecular complexity index is 453. The maximum Gasteiger partial charge on any atom is 0.253 e. The number of amides is 2. The van der Waals surface area contributed by atoms with Crippen LogP contribution >= 0.6 is 0 Å². The molecule has 1 atom stereocenters. The highest BCUT2D eigenvalue weighted by atomic mass is 16.5. The van der Waals surface area contributed by atoms with Crippen LogP contribution in [-0.4, -0.2) is 24.5 Å². The number of carbonyl (C=O) groups is 2. The second kappa shape index (κ2) is 5.64. The molecule has 1 heterocycles. The number of ether oxygens (including phenoxy) is 1. The second-order valence-electron chi connectivity index (χ2n) is 4.25. The molecule has 1 saturated heterocycles. The van der Waals surface area contributed by atoms with E-state index in [2.05, 4.69) is 10.6 Å². The third-order valence-electron chi connectivity index (χ3n) is 2.67. The van der Waals surface area contributed by atoms with Gasteiger partial charge >= 0.3 is 0 Å². The zero-order chi connectivity index (χ0) is 13.0. The summed E-state index contributed by atoms with van der Waals surface area (Å²) in [5.74, 6) is -0.273. The van der Waals surface area contributed by atoms with E-state index >= 15 is 0 Å². The van der Waals surface area contributed by atoms with Gasteiger partial charge in [-0.15, -0.1) is 0 Å². The van der Waals surface area contributed by atoms with Crippen molar-refractivity contribution in [2.45, 2.75) is 25.9 Å². The Morgan fingerprint density at radius 1 is 1.28 bits per heavy atom. The summed E-state index contributed by atoms with van der Waals surface area (Å²) in [6, 6.07) is 7.03. The van der Waals surface area contributed by atoms with E-state index in [1.807, 2.05) is 0 Å². The molecular formula is C13H16N2O3. The van der Waals surface area contributed by atoms with Crippen LogP contribution in [0.1, 0.15) is 19.8 Å². The van der Waals surface area contributed by atoms with Gasteiger partial charge in [-0.25, -0.2) is 0 Å². The number of benzene rings is 1. The monoisotopic (exact) mass is 248 g/mol. The molecule has 1 aromatic carbocycles. The van der Waals surface area contributed by atoms with E-state index in [0.717, 1.165) is 12.8 Å². The third kappa shape index (κ3) is 3.30. The van der Waals surface area contributed by atoms with Gasteiger partial charge in [-0.05, 0) is 31.0 Å². The Kier molecular flexibility index (Phi) is 3.94. The van der Waals surface area contributed by atoms with Crippen molar-refractivity contribution >= 4 is 23.2 Å². The van der Waals surface area contributed by atoms with Gasteiger partial charge in [0.1, 0.15) is 6.10 Å². The second-order valence-corrected chi connectivity index (χ2v) is 4.25. The largest absolute Gasteiger partial charge is 0.368 e. The number of nitrogens with one attached hydrogen (secondary N) is 2. The van der Waals surface area contributed by atoms with Crippen LogP contribution in [-0.2, 0) is 14.3 Å². The van der Waals surface area contributed by atoms with Gasteiger partial charge in [-0.1, -0.05) is 6.07 Å². The van der Waals surface area contributed by atoms with E-state index in [0.29, 0.717) is 18.0 Å². The first-order valence-electron chi connectivity index (χ1n) is 5.95. The molecule has 5 heteroatoms. The van der Waals surface area contributed by atoms with Gasteiger partial charge in [0.2, 0.25) is 5.91 Å². The predicted octanol–water partition coefficient (Wildman–Crippen LogP) is 1.76. The summed E-state index contributed by atoms with van der Waals surface area (Å²) in [4.78, 5) is 22.8. The lowest BCUT2D eigenvalue weighted by atomic mass is 10.2. The molecule has 1 aliphatic heterocycles. The first kappa shape index (κ1) is 12.6. The minimum absolute atomic E-state index is 0.132. The van der Waals surface area contributed by atoms with E-state index in [4.69, 9.17) is 4.74 Å². The van der Waals surface area contributed by atoms with Crippen LogP contribution in [0.15, 0.2) is 24.3 Å². The fourth-order valence-electron chi connectivity index (χ4n) is 1.89. The number of anilines is 2. The average Bonchev–Trinajstić information content (AvgIpc) is 2.81. The van der Waals surface area contributed by atoms with Crippen molar-refractivity contribution in [1.29, 1.82) is 0 Å². The van der Waals surface area contributed by atoms with Crippen molar-refractivity contribution < 1.29 is 14.3 Å². The van der Waals surface area contributed by atoms with Crippen LogP contribution in [0.4, 0.5) is 11.4 Å². The van der Waals surface area contributed by atoms with Crippen molar-refractivity contribution in [3.63, 3.8) is 0 Å². The normalized spacial score (nSPS) is 18.4. The van der Waals surface area contributed by atoms with E-state index in [-0.39, 0.29) is 17.9 Å². The molecule has 18 heavy (non-hydrogen) atoms. The van der Waals surface area contributed by atoms with Gasteiger partial charge < -0.3 is 15.4 Å². The minimum atomic E-state index is -0.352. The lowest BCUT2D eigenvalue weighted by Crippen LogP contribution is -2.26. The number of hydrogen-bond donors (Lipinski definition) is 2. The molecule has 0 radical (unpaired) electrons. The average molecular weight is 248 g/mol. The number of rotatable bonds is 3.